The lowest BCUT2D eigenvalue weighted by Gasteiger charge is -2.20. The van der Waals surface area contributed by atoms with Crippen LogP contribution in [0.25, 0.3) is 0 Å². The van der Waals surface area contributed by atoms with Crippen LogP contribution in [0, 0.1) is 0 Å². The lowest BCUT2D eigenvalue weighted by molar-refractivity contribution is 0.127. The van der Waals surface area contributed by atoms with Gasteiger partial charge in [0.25, 0.3) is 0 Å². The van der Waals surface area contributed by atoms with Gasteiger partial charge >= 0.3 is 0 Å². The van der Waals surface area contributed by atoms with E-state index in [2.05, 4.69) is 45.9 Å². The van der Waals surface area contributed by atoms with Gasteiger partial charge in [-0.3, -0.25) is 0 Å². The SMILES string of the molecule is CCNc1nc(SC2CCOC2C)nc(N(CC)CC)n1. The van der Waals surface area contributed by atoms with Gasteiger partial charge in [-0.25, -0.2) is 0 Å². The van der Waals surface area contributed by atoms with Crippen LogP contribution >= 0.6 is 11.8 Å². The van der Waals surface area contributed by atoms with Crippen molar-refractivity contribution in [3.63, 3.8) is 0 Å². The zero-order valence-electron chi connectivity index (χ0n) is 13.3. The summed E-state index contributed by atoms with van der Waals surface area (Å²) in [6.45, 7) is 11.8. The van der Waals surface area contributed by atoms with E-state index in [4.69, 9.17) is 4.74 Å². The number of ether oxygens (including phenoxy) is 1. The van der Waals surface area contributed by atoms with E-state index in [0.717, 1.165) is 43.8 Å². The molecule has 2 unspecified atom stereocenters. The first-order chi connectivity index (χ1) is 10.2. The topological polar surface area (TPSA) is 63.2 Å². The fraction of sp³-hybridized carbons (Fsp3) is 0.786. The summed E-state index contributed by atoms with van der Waals surface area (Å²) in [5, 5.41) is 4.40. The molecule has 0 radical (unpaired) electrons. The third kappa shape index (κ3) is 4.20. The van der Waals surface area contributed by atoms with Crippen LogP contribution < -0.4 is 10.2 Å². The molecule has 0 amide bonds. The van der Waals surface area contributed by atoms with Crippen LogP contribution in [0.4, 0.5) is 11.9 Å². The van der Waals surface area contributed by atoms with E-state index in [1.165, 1.54) is 0 Å². The molecule has 1 N–H and O–H groups in total. The molecule has 0 aliphatic carbocycles. The highest BCUT2D eigenvalue weighted by atomic mass is 32.2. The average Bonchev–Trinajstić information content (AvgIpc) is 2.86. The van der Waals surface area contributed by atoms with E-state index in [0.29, 0.717) is 11.2 Å². The molecule has 2 rings (SSSR count). The smallest absolute Gasteiger partial charge is 0.231 e. The average molecular weight is 311 g/mol. The van der Waals surface area contributed by atoms with Gasteiger partial charge in [0.2, 0.25) is 11.9 Å². The molecule has 2 heterocycles. The lowest BCUT2D eigenvalue weighted by atomic mass is 10.3. The number of thioether (sulfide) groups is 1. The zero-order valence-corrected chi connectivity index (χ0v) is 14.1. The first-order valence-electron chi connectivity index (χ1n) is 7.71. The first kappa shape index (κ1) is 16.3. The fourth-order valence-corrected chi connectivity index (χ4v) is 3.31. The monoisotopic (exact) mass is 311 g/mol. The summed E-state index contributed by atoms with van der Waals surface area (Å²) in [5.74, 6) is 1.41. The molecule has 0 bridgehead atoms. The quantitative estimate of drug-likeness (QED) is 0.829. The van der Waals surface area contributed by atoms with Crippen LogP contribution in [-0.2, 0) is 4.74 Å². The molecular weight excluding hydrogens is 286 g/mol. The third-order valence-corrected chi connectivity index (χ3v) is 4.86. The summed E-state index contributed by atoms with van der Waals surface area (Å²) in [7, 11) is 0. The predicted molar refractivity (Wildman–Crippen MR) is 87.2 cm³/mol. The normalized spacial score (nSPS) is 21.5. The molecule has 7 heteroatoms. The lowest BCUT2D eigenvalue weighted by Crippen LogP contribution is -2.25. The molecule has 1 saturated heterocycles. The molecule has 1 aliphatic rings. The van der Waals surface area contributed by atoms with Gasteiger partial charge in [-0.1, -0.05) is 11.8 Å². The van der Waals surface area contributed by atoms with Crippen LogP contribution in [0.15, 0.2) is 5.16 Å². The van der Waals surface area contributed by atoms with Crippen LogP contribution in [0.3, 0.4) is 0 Å². The summed E-state index contributed by atoms with van der Waals surface area (Å²) < 4.78 is 5.62. The Balaban J connectivity index is 2.22. The number of nitrogens with one attached hydrogen (secondary N) is 1. The van der Waals surface area contributed by atoms with Gasteiger partial charge in [0, 0.05) is 31.5 Å². The van der Waals surface area contributed by atoms with E-state index >= 15 is 0 Å². The van der Waals surface area contributed by atoms with Gasteiger partial charge in [-0.05, 0) is 34.1 Å². The van der Waals surface area contributed by atoms with E-state index in [-0.39, 0.29) is 6.10 Å². The van der Waals surface area contributed by atoms with Crippen LogP contribution in [0.5, 0.6) is 0 Å². The largest absolute Gasteiger partial charge is 0.377 e. The number of rotatable bonds is 7. The number of hydrogen-bond donors (Lipinski definition) is 1. The maximum absolute atomic E-state index is 5.62. The van der Waals surface area contributed by atoms with E-state index in [1.54, 1.807) is 11.8 Å². The maximum atomic E-state index is 5.62. The molecule has 1 aliphatic heterocycles. The summed E-state index contributed by atoms with van der Waals surface area (Å²) >= 11 is 1.70. The van der Waals surface area contributed by atoms with Gasteiger partial charge in [-0.15, -0.1) is 0 Å². The number of hydrogen-bond acceptors (Lipinski definition) is 7. The number of aromatic nitrogens is 3. The van der Waals surface area contributed by atoms with Gasteiger partial charge in [0.15, 0.2) is 5.16 Å². The standard InChI is InChI=1S/C14H25N5OS/c1-5-15-12-16-13(19(6-2)7-3)18-14(17-12)21-11-8-9-20-10(11)4/h10-11H,5-9H2,1-4H3,(H,15,16,17,18). The minimum absolute atomic E-state index is 0.256. The number of nitrogens with zero attached hydrogens (tertiary/aromatic N) is 4. The van der Waals surface area contributed by atoms with Gasteiger partial charge < -0.3 is 15.0 Å². The van der Waals surface area contributed by atoms with Gasteiger partial charge in [-0.2, -0.15) is 15.0 Å². The molecule has 0 spiro atoms. The molecule has 1 aromatic heterocycles. The Morgan fingerprint density at radius 1 is 1.24 bits per heavy atom. The third-order valence-electron chi connectivity index (χ3n) is 3.55. The van der Waals surface area contributed by atoms with Crippen molar-refractivity contribution in [3.8, 4) is 0 Å². The molecule has 6 nitrogen and oxygen atoms in total. The Bertz CT molecular complexity index is 455. The van der Waals surface area contributed by atoms with Gasteiger partial charge in [0.05, 0.1) is 6.10 Å². The molecule has 0 saturated carbocycles. The summed E-state index contributed by atoms with van der Waals surface area (Å²) in [5.41, 5.74) is 0. The highest BCUT2D eigenvalue weighted by Gasteiger charge is 2.26. The minimum atomic E-state index is 0.256. The molecule has 1 fully saturated rings. The molecule has 21 heavy (non-hydrogen) atoms. The molecule has 0 aromatic carbocycles. The predicted octanol–water partition coefficient (Wildman–Crippen LogP) is 2.42. The molecule has 2 atom stereocenters. The maximum Gasteiger partial charge on any atom is 0.231 e. The number of anilines is 2. The van der Waals surface area contributed by atoms with Crippen LogP contribution in [0.2, 0.25) is 0 Å². The van der Waals surface area contributed by atoms with Crippen molar-refractivity contribution in [2.24, 2.45) is 0 Å². The van der Waals surface area contributed by atoms with Crippen molar-refractivity contribution in [2.75, 3.05) is 36.5 Å². The van der Waals surface area contributed by atoms with Crippen molar-refractivity contribution in [3.05, 3.63) is 0 Å². The molecule has 1 aromatic rings. The Morgan fingerprint density at radius 2 is 2.00 bits per heavy atom. The van der Waals surface area contributed by atoms with Crippen LogP contribution in [-0.4, -0.2) is 52.5 Å². The second kappa shape index (κ2) is 7.79. The Morgan fingerprint density at radius 3 is 2.57 bits per heavy atom. The van der Waals surface area contributed by atoms with Crippen molar-refractivity contribution in [2.45, 2.75) is 50.6 Å². The Hall–Kier alpha value is -1.08. The van der Waals surface area contributed by atoms with Crippen molar-refractivity contribution < 1.29 is 4.74 Å². The zero-order chi connectivity index (χ0) is 15.2. The van der Waals surface area contributed by atoms with Crippen molar-refractivity contribution in [1.29, 1.82) is 0 Å². The summed E-state index contributed by atoms with van der Waals surface area (Å²) in [6.07, 6.45) is 1.31. The highest BCUT2D eigenvalue weighted by Crippen LogP contribution is 2.31. The second-order valence-electron chi connectivity index (χ2n) is 4.97. The Labute approximate surface area is 131 Å². The van der Waals surface area contributed by atoms with E-state index < -0.39 is 0 Å². The van der Waals surface area contributed by atoms with Crippen molar-refractivity contribution in [1.82, 2.24) is 15.0 Å². The summed E-state index contributed by atoms with van der Waals surface area (Å²) in [6, 6.07) is 0. The van der Waals surface area contributed by atoms with E-state index in [1.807, 2.05) is 6.92 Å². The highest BCUT2D eigenvalue weighted by molar-refractivity contribution is 7.99. The minimum Gasteiger partial charge on any atom is -0.377 e. The molecular formula is C14H25N5OS. The van der Waals surface area contributed by atoms with Gasteiger partial charge in [0.1, 0.15) is 0 Å². The molecule has 118 valence electrons. The van der Waals surface area contributed by atoms with Crippen molar-refractivity contribution >= 4 is 23.7 Å². The second-order valence-corrected chi connectivity index (χ2v) is 6.17. The summed E-state index contributed by atoms with van der Waals surface area (Å²) in [4.78, 5) is 15.8. The van der Waals surface area contributed by atoms with E-state index in [9.17, 15) is 0 Å². The Kier molecular flexibility index (Phi) is 6.05. The fourth-order valence-electron chi connectivity index (χ4n) is 2.29. The first-order valence-corrected chi connectivity index (χ1v) is 8.59. The van der Waals surface area contributed by atoms with Crippen LogP contribution in [0.1, 0.15) is 34.1 Å².